The number of aromatic nitrogens is 2. The van der Waals surface area contributed by atoms with E-state index in [2.05, 4.69) is 9.55 Å². The lowest BCUT2D eigenvalue weighted by molar-refractivity contribution is 0.0619. The van der Waals surface area contributed by atoms with Gasteiger partial charge in [0.15, 0.2) is 0 Å². The number of hydrogen-bond acceptors (Lipinski definition) is 3. The van der Waals surface area contributed by atoms with E-state index >= 15 is 0 Å². The van der Waals surface area contributed by atoms with Crippen LogP contribution in [0.3, 0.4) is 0 Å². The monoisotopic (exact) mass is 299 g/mol. The standard InChI is InChI=1S/C17H21N3O2/c1-2-22-12-14-9-19(11-16-8-18-13-20(16)10-14)17(21)15-6-4-3-5-7-15/h3-8,13-14H,2,9-12H2,1H3/t14-/m0/s1. The normalized spacial score (nSPS) is 17.9. The van der Waals surface area contributed by atoms with Gasteiger partial charge in [-0.05, 0) is 19.1 Å². The Kier molecular flexibility index (Phi) is 4.53. The zero-order chi connectivity index (χ0) is 15.4. The first kappa shape index (κ1) is 14.8. The van der Waals surface area contributed by atoms with Crippen LogP contribution in [0, 0.1) is 5.92 Å². The zero-order valence-electron chi connectivity index (χ0n) is 12.8. The Morgan fingerprint density at radius 2 is 2.14 bits per heavy atom. The van der Waals surface area contributed by atoms with Crippen molar-refractivity contribution in [2.24, 2.45) is 5.92 Å². The van der Waals surface area contributed by atoms with Crippen LogP contribution in [0.2, 0.25) is 0 Å². The SMILES string of the molecule is CCOC[C@H]1CN(C(=O)c2ccccc2)Cc2cncn2C1. The molecule has 1 amide bonds. The maximum Gasteiger partial charge on any atom is 0.254 e. The number of carbonyl (C=O) groups is 1. The van der Waals surface area contributed by atoms with Gasteiger partial charge in [0.2, 0.25) is 0 Å². The van der Waals surface area contributed by atoms with Crippen molar-refractivity contribution in [3.8, 4) is 0 Å². The minimum Gasteiger partial charge on any atom is -0.381 e. The molecule has 1 atom stereocenters. The Labute approximate surface area is 130 Å². The summed E-state index contributed by atoms with van der Waals surface area (Å²) in [4.78, 5) is 18.9. The number of hydrogen-bond donors (Lipinski definition) is 0. The molecule has 1 aromatic carbocycles. The maximum atomic E-state index is 12.8. The van der Waals surface area contributed by atoms with Gasteiger partial charge in [0.05, 0.1) is 25.2 Å². The fourth-order valence-electron chi connectivity index (χ4n) is 2.86. The first-order valence-corrected chi connectivity index (χ1v) is 7.69. The van der Waals surface area contributed by atoms with E-state index in [0.29, 0.717) is 26.3 Å². The quantitative estimate of drug-likeness (QED) is 0.869. The van der Waals surface area contributed by atoms with E-state index in [-0.39, 0.29) is 11.8 Å². The first-order valence-electron chi connectivity index (χ1n) is 7.69. The van der Waals surface area contributed by atoms with E-state index in [4.69, 9.17) is 4.74 Å². The summed E-state index contributed by atoms with van der Waals surface area (Å²) in [5, 5.41) is 0. The fourth-order valence-corrected chi connectivity index (χ4v) is 2.86. The molecule has 0 radical (unpaired) electrons. The molecule has 5 nitrogen and oxygen atoms in total. The van der Waals surface area contributed by atoms with E-state index < -0.39 is 0 Å². The van der Waals surface area contributed by atoms with Gasteiger partial charge in [0, 0.05) is 37.4 Å². The summed E-state index contributed by atoms with van der Waals surface area (Å²) >= 11 is 0. The molecule has 0 spiro atoms. The summed E-state index contributed by atoms with van der Waals surface area (Å²) in [6.07, 6.45) is 3.68. The summed E-state index contributed by atoms with van der Waals surface area (Å²) in [6, 6.07) is 9.44. The van der Waals surface area contributed by atoms with Crippen molar-refractivity contribution in [3.63, 3.8) is 0 Å². The highest BCUT2D eigenvalue weighted by Crippen LogP contribution is 2.18. The molecule has 3 rings (SSSR count). The number of nitrogens with zero attached hydrogens (tertiary/aromatic N) is 3. The molecule has 0 bridgehead atoms. The van der Waals surface area contributed by atoms with Crippen LogP contribution in [0.5, 0.6) is 0 Å². The molecule has 0 unspecified atom stereocenters. The molecule has 22 heavy (non-hydrogen) atoms. The van der Waals surface area contributed by atoms with Crippen LogP contribution in [-0.2, 0) is 17.8 Å². The molecule has 0 fully saturated rings. The van der Waals surface area contributed by atoms with Crippen LogP contribution in [0.4, 0.5) is 0 Å². The van der Waals surface area contributed by atoms with Gasteiger partial charge in [-0.2, -0.15) is 0 Å². The number of benzene rings is 1. The Balaban J connectivity index is 1.82. The molecule has 0 saturated carbocycles. The number of fused-ring (bicyclic) bond motifs is 1. The third kappa shape index (κ3) is 3.20. The summed E-state index contributed by atoms with van der Waals surface area (Å²) in [7, 11) is 0. The number of amides is 1. The second-order valence-corrected chi connectivity index (χ2v) is 5.61. The predicted molar refractivity (Wildman–Crippen MR) is 83.4 cm³/mol. The van der Waals surface area contributed by atoms with E-state index in [1.54, 1.807) is 0 Å². The molecular weight excluding hydrogens is 278 g/mol. The van der Waals surface area contributed by atoms with Crippen LogP contribution in [-0.4, -0.2) is 40.1 Å². The van der Waals surface area contributed by atoms with Gasteiger partial charge in [0.25, 0.3) is 5.91 Å². The molecule has 1 aliphatic rings. The van der Waals surface area contributed by atoms with Crippen LogP contribution >= 0.6 is 0 Å². The molecule has 0 aliphatic carbocycles. The lowest BCUT2D eigenvalue weighted by atomic mass is 10.1. The van der Waals surface area contributed by atoms with E-state index in [1.165, 1.54) is 0 Å². The van der Waals surface area contributed by atoms with E-state index in [0.717, 1.165) is 17.8 Å². The Morgan fingerprint density at radius 3 is 2.91 bits per heavy atom. The van der Waals surface area contributed by atoms with Gasteiger partial charge in [-0.15, -0.1) is 0 Å². The number of ether oxygens (including phenoxy) is 1. The minimum absolute atomic E-state index is 0.0664. The van der Waals surface area contributed by atoms with Gasteiger partial charge in [-0.1, -0.05) is 18.2 Å². The third-order valence-corrected chi connectivity index (χ3v) is 3.95. The largest absolute Gasteiger partial charge is 0.381 e. The summed E-state index contributed by atoms with van der Waals surface area (Å²) in [6.45, 7) is 5.48. The lowest BCUT2D eigenvalue weighted by Gasteiger charge is -2.24. The van der Waals surface area contributed by atoms with Crippen molar-refractivity contribution < 1.29 is 9.53 Å². The van der Waals surface area contributed by atoms with Gasteiger partial charge in [-0.3, -0.25) is 4.79 Å². The van der Waals surface area contributed by atoms with Crippen LogP contribution in [0.15, 0.2) is 42.9 Å². The fraction of sp³-hybridized carbons (Fsp3) is 0.412. The van der Waals surface area contributed by atoms with Crippen molar-refractivity contribution in [1.82, 2.24) is 14.5 Å². The molecule has 0 saturated heterocycles. The average Bonchev–Trinajstić information content (AvgIpc) is 2.91. The summed E-state index contributed by atoms with van der Waals surface area (Å²) in [5.41, 5.74) is 1.80. The topological polar surface area (TPSA) is 47.4 Å². The van der Waals surface area contributed by atoms with Crippen molar-refractivity contribution in [2.75, 3.05) is 19.8 Å². The number of rotatable bonds is 4. The van der Waals surface area contributed by atoms with Gasteiger partial charge < -0.3 is 14.2 Å². The molecule has 0 N–H and O–H groups in total. The minimum atomic E-state index is 0.0664. The second kappa shape index (κ2) is 6.75. The first-order chi connectivity index (χ1) is 10.8. The van der Waals surface area contributed by atoms with Gasteiger partial charge in [-0.25, -0.2) is 4.98 Å². The molecular formula is C17H21N3O2. The van der Waals surface area contributed by atoms with Crippen LogP contribution in [0.1, 0.15) is 23.0 Å². The van der Waals surface area contributed by atoms with Crippen molar-refractivity contribution in [3.05, 3.63) is 54.1 Å². The smallest absolute Gasteiger partial charge is 0.254 e. The average molecular weight is 299 g/mol. The van der Waals surface area contributed by atoms with Gasteiger partial charge >= 0.3 is 0 Å². The molecule has 116 valence electrons. The molecule has 1 aromatic heterocycles. The highest BCUT2D eigenvalue weighted by atomic mass is 16.5. The van der Waals surface area contributed by atoms with Crippen LogP contribution in [0.25, 0.3) is 0 Å². The molecule has 2 heterocycles. The Morgan fingerprint density at radius 1 is 1.32 bits per heavy atom. The maximum absolute atomic E-state index is 12.8. The lowest BCUT2D eigenvalue weighted by Crippen LogP contribution is -2.35. The van der Waals surface area contributed by atoms with E-state index in [1.807, 2.05) is 54.7 Å². The van der Waals surface area contributed by atoms with Crippen LogP contribution < -0.4 is 0 Å². The third-order valence-electron chi connectivity index (χ3n) is 3.95. The molecule has 2 aromatic rings. The number of carbonyl (C=O) groups excluding carboxylic acids is 1. The Hall–Kier alpha value is -2.14. The van der Waals surface area contributed by atoms with Crippen molar-refractivity contribution in [2.45, 2.75) is 20.0 Å². The summed E-state index contributed by atoms with van der Waals surface area (Å²) in [5.74, 6) is 0.347. The highest BCUT2D eigenvalue weighted by molar-refractivity contribution is 5.94. The number of imidazole rings is 1. The van der Waals surface area contributed by atoms with Crippen molar-refractivity contribution in [1.29, 1.82) is 0 Å². The van der Waals surface area contributed by atoms with Crippen molar-refractivity contribution >= 4 is 5.91 Å². The second-order valence-electron chi connectivity index (χ2n) is 5.61. The highest BCUT2D eigenvalue weighted by Gasteiger charge is 2.25. The Bertz CT molecular complexity index is 624. The zero-order valence-corrected chi connectivity index (χ0v) is 12.8. The molecule has 5 heteroatoms. The molecule has 1 aliphatic heterocycles. The predicted octanol–water partition coefficient (Wildman–Crippen LogP) is 2.19. The van der Waals surface area contributed by atoms with Gasteiger partial charge in [0.1, 0.15) is 0 Å². The summed E-state index contributed by atoms with van der Waals surface area (Å²) < 4.78 is 7.71. The van der Waals surface area contributed by atoms with E-state index in [9.17, 15) is 4.79 Å².